The molecule has 4 rings (SSSR count). The molecule has 28 heavy (non-hydrogen) atoms. The Kier molecular flexibility index (Phi) is 5.47. The number of nitrogens with zero attached hydrogens (tertiary/aromatic N) is 2. The average Bonchev–Trinajstić information content (AvgIpc) is 3.03. The maximum absolute atomic E-state index is 12.6. The van der Waals surface area contributed by atoms with E-state index in [9.17, 15) is 9.59 Å². The molecule has 0 radical (unpaired) electrons. The summed E-state index contributed by atoms with van der Waals surface area (Å²) in [5, 5.41) is 1.19. The van der Waals surface area contributed by atoms with Crippen LogP contribution in [-0.2, 0) is 11.2 Å². The van der Waals surface area contributed by atoms with Crippen LogP contribution in [0.4, 0.5) is 0 Å². The van der Waals surface area contributed by atoms with E-state index < -0.39 is 0 Å². The van der Waals surface area contributed by atoms with E-state index in [2.05, 4.69) is 4.98 Å². The summed E-state index contributed by atoms with van der Waals surface area (Å²) in [5.74, 6) is 0.121. The van der Waals surface area contributed by atoms with Gasteiger partial charge in [0.2, 0.25) is 5.91 Å². The maximum atomic E-state index is 12.6. The van der Waals surface area contributed by atoms with Crippen molar-refractivity contribution in [2.45, 2.75) is 31.7 Å². The third-order valence-electron chi connectivity index (χ3n) is 5.43. The fourth-order valence-corrected chi connectivity index (χ4v) is 4.44. The smallest absolute Gasteiger partial charge is 0.326 e. The van der Waals surface area contributed by atoms with Crippen molar-refractivity contribution >= 4 is 40.1 Å². The number of carbonyl (C=O) groups is 1. The number of aromatic amines is 1. The molecule has 2 heterocycles. The van der Waals surface area contributed by atoms with Gasteiger partial charge in [-0.2, -0.15) is 0 Å². The second-order valence-corrected chi connectivity index (χ2v) is 8.01. The molecule has 1 saturated heterocycles. The maximum Gasteiger partial charge on any atom is 0.326 e. The highest BCUT2D eigenvalue weighted by atomic mass is 35.5. The van der Waals surface area contributed by atoms with Crippen LogP contribution in [0.25, 0.3) is 11.0 Å². The number of halogens is 2. The Morgan fingerprint density at radius 3 is 2.61 bits per heavy atom. The number of imidazole rings is 1. The molecule has 0 saturated carbocycles. The number of rotatable bonds is 4. The second kappa shape index (κ2) is 8.02. The number of H-pyrrole nitrogens is 1. The van der Waals surface area contributed by atoms with E-state index in [1.165, 1.54) is 0 Å². The van der Waals surface area contributed by atoms with Crippen LogP contribution < -0.4 is 5.69 Å². The van der Waals surface area contributed by atoms with Crippen molar-refractivity contribution in [3.05, 3.63) is 68.6 Å². The first-order valence-electron chi connectivity index (χ1n) is 9.44. The van der Waals surface area contributed by atoms with E-state index in [4.69, 9.17) is 23.2 Å². The molecule has 1 aromatic heterocycles. The molecule has 1 aliphatic heterocycles. The third kappa shape index (κ3) is 3.82. The number of para-hydroxylation sites is 2. The Balaban J connectivity index is 1.37. The highest BCUT2D eigenvalue weighted by Gasteiger charge is 2.25. The molecule has 5 nitrogen and oxygen atoms in total. The van der Waals surface area contributed by atoms with Crippen molar-refractivity contribution in [1.29, 1.82) is 0 Å². The number of piperidine rings is 1. The predicted octanol–water partition coefficient (Wildman–Crippen LogP) is 4.43. The number of nitrogens with one attached hydrogen (secondary N) is 1. The molecule has 3 aromatic rings. The normalized spacial score (nSPS) is 15.3. The number of carbonyl (C=O) groups excluding carboxylic acids is 1. The van der Waals surface area contributed by atoms with Crippen LogP contribution in [0.1, 0.15) is 30.9 Å². The molecule has 0 bridgehead atoms. The van der Waals surface area contributed by atoms with Gasteiger partial charge in [0.15, 0.2) is 0 Å². The summed E-state index contributed by atoms with van der Waals surface area (Å²) in [6.07, 6.45) is 2.56. The lowest BCUT2D eigenvalue weighted by Crippen LogP contribution is -2.40. The SMILES string of the molecule is O=C(CCc1ccc(Cl)cc1Cl)N1CCC(n2c(=O)[nH]c3ccccc32)CC1. The molecule has 0 spiro atoms. The van der Waals surface area contributed by atoms with Crippen LogP contribution in [0.3, 0.4) is 0 Å². The van der Waals surface area contributed by atoms with Gasteiger partial charge in [0.05, 0.1) is 11.0 Å². The van der Waals surface area contributed by atoms with Crippen molar-refractivity contribution in [1.82, 2.24) is 14.5 Å². The van der Waals surface area contributed by atoms with Gasteiger partial charge in [-0.25, -0.2) is 4.79 Å². The summed E-state index contributed by atoms with van der Waals surface area (Å²) in [4.78, 5) is 29.8. The highest BCUT2D eigenvalue weighted by molar-refractivity contribution is 6.35. The van der Waals surface area contributed by atoms with Crippen LogP contribution >= 0.6 is 23.2 Å². The summed E-state index contributed by atoms with van der Waals surface area (Å²) >= 11 is 12.1. The van der Waals surface area contributed by atoms with Crippen molar-refractivity contribution in [2.24, 2.45) is 0 Å². The lowest BCUT2D eigenvalue weighted by Gasteiger charge is -2.32. The van der Waals surface area contributed by atoms with Crippen molar-refractivity contribution in [2.75, 3.05) is 13.1 Å². The number of hydrogen-bond donors (Lipinski definition) is 1. The van der Waals surface area contributed by atoms with Gasteiger partial charge in [-0.1, -0.05) is 41.4 Å². The molecule has 2 aromatic carbocycles. The Labute approximate surface area is 172 Å². The number of aryl methyl sites for hydroxylation is 1. The summed E-state index contributed by atoms with van der Waals surface area (Å²) in [5.41, 5.74) is 2.63. The Hall–Kier alpha value is -2.24. The van der Waals surface area contributed by atoms with Gasteiger partial charge in [0.25, 0.3) is 0 Å². The Bertz CT molecular complexity index is 1060. The van der Waals surface area contributed by atoms with E-state index in [1.807, 2.05) is 39.8 Å². The number of hydrogen-bond acceptors (Lipinski definition) is 2. The topological polar surface area (TPSA) is 58.1 Å². The van der Waals surface area contributed by atoms with Crippen molar-refractivity contribution in [3.63, 3.8) is 0 Å². The summed E-state index contributed by atoms with van der Waals surface area (Å²) in [6, 6.07) is 13.2. The second-order valence-electron chi connectivity index (χ2n) is 7.16. The Morgan fingerprint density at radius 2 is 1.86 bits per heavy atom. The first-order valence-corrected chi connectivity index (χ1v) is 10.2. The molecule has 1 N–H and O–H groups in total. The predicted molar refractivity (Wildman–Crippen MR) is 112 cm³/mol. The van der Waals surface area contributed by atoms with E-state index in [0.717, 1.165) is 29.4 Å². The zero-order valence-corrected chi connectivity index (χ0v) is 16.8. The monoisotopic (exact) mass is 417 g/mol. The molecule has 1 amide bonds. The first-order chi connectivity index (χ1) is 13.5. The molecule has 0 atom stereocenters. The van der Waals surface area contributed by atoms with Gasteiger partial charge in [-0.05, 0) is 49.1 Å². The number of benzene rings is 2. The first kappa shape index (κ1) is 19.1. The Morgan fingerprint density at radius 1 is 1.11 bits per heavy atom. The summed E-state index contributed by atoms with van der Waals surface area (Å²) in [7, 11) is 0. The van der Waals surface area contributed by atoms with Crippen LogP contribution in [0.15, 0.2) is 47.3 Å². The standard InChI is InChI=1S/C21H21Cl2N3O2/c22-15-7-5-14(17(23)13-15)6-8-20(27)25-11-9-16(10-12-25)26-19-4-2-1-3-18(19)24-21(26)28/h1-5,7,13,16H,6,8-12H2,(H,24,28). The molecule has 146 valence electrons. The fourth-order valence-electron chi connectivity index (χ4n) is 3.93. The van der Waals surface area contributed by atoms with Gasteiger partial charge < -0.3 is 9.88 Å². The van der Waals surface area contributed by atoms with Gasteiger partial charge in [0.1, 0.15) is 0 Å². The summed E-state index contributed by atoms with van der Waals surface area (Å²) < 4.78 is 1.84. The molecule has 0 aliphatic carbocycles. The molecule has 7 heteroatoms. The molecule has 0 unspecified atom stereocenters. The van der Waals surface area contributed by atoms with Crippen molar-refractivity contribution in [3.8, 4) is 0 Å². The molecular formula is C21H21Cl2N3O2. The lowest BCUT2D eigenvalue weighted by atomic mass is 10.0. The van der Waals surface area contributed by atoms with Crippen LogP contribution in [0, 0.1) is 0 Å². The highest BCUT2D eigenvalue weighted by Crippen LogP contribution is 2.26. The zero-order valence-electron chi connectivity index (χ0n) is 15.3. The van der Waals surface area contributed by atoms with Gasteiger partial charge in [0, 0.05) is 35.6 Å². The largest absolute Gasteiger partial charge is 0.343 e. The van der Waals surface area contributed by atoms with E-state index in [0.29, 0.717) is 36.0 Å². The van der Waals surface area contributed by atoms with E-state index in [-0.39, 0.29) is 17.6 Å². The summed E-state index contributed by atoms with van der Waals surface area (Å²) in [6.45, 7) is 1.31. The number of fused-ring (bicyclic) bond motifs is 1. The minimum atomic E-state index is -0.0802. The molecule has 1 fully saturated rings. The van der Waals surface area contributed by atoms with Gasteiger partial charge >= 0.3 is 5.69 Å². The van der Waals surface area contributed by atoms with Crippen LogP contribution in [0.5, 0.6) is 0 Å². The van der Waals surface area contributed by atoms with Gasteiger partial charge in [-0.3, -0.25) is 9.36 Å². The third-order valence-corrected chi connectivity index (χ3v) is 6.02. The number of aromatic nitrogens is 2. The number of amides is 1. The minimum Gasteiger partial charge on any atom is -0.343 e. The van der Waals surface area contributed by atoms with Crippen molar-refractivity contribution < 1.29 is 4.79 Å². The zero-order chi connectivity index (χ0) is 19.7. The average molecular weight is 418 g/mol. The van der Waals surface area contributed by atoms with E-state index >= 15 is 0 Å². The van der Waals surface area contributed by atoms with Gasteiger partial charge in [-0.15, -0.1) is 0 Å². The lowest BCUT2D eigenvalue weighted by molar-refractivity contribution is -0.132. The van der Waals surface area contributed by atoms with E-state index in [1.54, 1.807) is 12.1 Å². The fraction of sp³-hybridized carbons (Fsp3) is 0.333. The van der Waals surface area contributed by atoms with Crippen LogP contribution in [0.2, 0.25) is 10.0 Å². The minimum absolute atomic E-state index is 0.0802. The molecular weight excluding hydrogens is 397 g/mol. The number of likely N-dealkylation sites (tertiary alicyclic amines) is 1. The quantitative estimate of drug-likeness (QED) is 0.682. The van der Waals surface area contributed by atoms with Crippen LogP contribution in [-0.4, -0.2) is 33.4 Å². The molecule has 1 aliphatic rings.